The van der Waals surface area contributed by atoms with Gasteiger partial charge in [0.25, 0.3) is 0 Å². The van der Waals surface area contributed by atoms with Crippen LogP contribution < -0.4 is 0 Å². The van der Waals surface area contributed by atoms with Crippen LogP contribution in [-0.4, -0.2) is 0 Å². The monoisotopic (exact) mass is 368 g/mol. The van der Waals surface area contributed by atoms with Crippen LogP contribution in [0.15, 0.2) is 23.8 Å². The number of alkyl halides is 3. The van der Waals surface area contributed by atoms with Gasteiger partial charge in [-0.15, -0.1) is 0 Å². The number of allylic oxidation sites excluding steroid dienone is 2. The van der Waals surface area contributed by atoms with E-state index in [1.54, 1.807) is 13.8 Å². The SMILES string of the molecule is CCC/C(F)=C(\F)c1ccc(/C(F)=C(\F)CCC)c(C(F)(F)F)c1C. The second kappa shape index (κ2) is 8.54. The largest absolute Gasteiger partial charge is 0.417 e. The van der Waals surface area contributed by atoms with Crippen molar-refractivity contribution in [2.45, 2.75) is 52.6 Å². The summed E-state index contributed by atoms with van der Waals surface area (Å²) in [5.41, 5.74) is -3.82. The fourth-order valence-electron chi connectivity index (χ4n) is 2.45. The topological polar surface area (TPSA) is 0 Å². The Balaban J connectivity index is 3.69. The highest BCUT2D eigenvalue weighted by Crippen LogP contribution is 2.42. The van der Waals surface area contributed by atoms with Crippen LogP contribution in [0.2, 0.25) is 0 Å². The molecule has 7 heteroatoms. The number of hydrogen-bond donors (Lipinski definition) is 0. The maximum atomic E-state index is 14.1. The standard InChI is InChI=1S/C18H19F7/c1-4-6-13(19)16(21)11-8-9-12(17(22)14(20)7-5-2)15(10(11)3)18(23,24)25/h8-9H,4-7H2,1-3H3/b16-13+,17-14+. The van der Waals surface area contributed by atoms with Crippen LogP contribution >= 0.6 is 0 Å². The normalized spacial score (nSPS) is 14.3. The average molecular weight is 368 g/mol. The second-order valence-corrected chi connectivity index (χ2v) is 5.60. The third kappa shape index (κ3) is 4.86. The summed E-state index contributed by atoms with van der Waals surface area (Å²) in [6.07, 6.45) is -5.21. The van der Waals surface area contributed by atoms with Crippen LogP contribution in [0.4, 0.5) is 30.7 Å². The molecule has 0 fully saturated rings. The molecule has 140 valence electrons. The highest BCUT2D eigenvalue weighted by Gasteiger charge is 2.38. The predicted octanol–water partition coefficient (Wildman–Crippen LogP) is 7.83. The second-order valence-electron chi connectivity index (χ2n) is 5.60. The molecule has 0 saturated carbocycles. The lowest BCUT2D eigenvalue weighted by atomic mass is 9.94. The minimum Gasteiger partial charge on any atom is -0.209 e. The molecule has 0 aliphatic rings. The van der Waals surface area contributed by atoms with E-state index in [1.165, 1.54) is 0 Å². The van der Waals surface area contributed by atoms with Crippen LogP contribution in [0.25, 0.3) is 11.7 Å². The van der Waals surface area contributed by atoms with Gasteiger partial charge >= 0.3 is 6.18 Å². The summed E-state index contributed by atoms with van der Waals surface area (Å²) in [5.74, 6) is -5.55. The molecule has 0 nitrogen and oxygen atoms in total. The summed E-state index contributed by atoms with van der Waals surface area (Å²) < 4.78 is 95.7. The highest BCUT2D eigenvalue weighted by molar-refractivity contribution is 5.72. The van der Waals surface area contributed by atoms with Gasteiger partial charge in [-0.3, -0.25) is 0 Å². The van der Waals surface area contributed by atoms with Gasteiger partial charge < -0.3 is 0 Å². The molecule has 0 heterocycles. The van der Waals surface area contributed by atoms with Crippen molar-refractivity contribution in [2.75, 3.05) is 0 Å². The smallest absolute Gasteiger partial charge is 0.209 e. The van der Waals surface area contributed by atoms with E-state index in [9.17, 15) is 30.7 Å². The summed E-state index contributed by atoms with van der Waals surface area (Å²) in [6.45, 7) is 4.04. The zero-order valence-electron chi connectivity index (χ0n) is 14.1. The summed E-state index contributed by atoms with van der Waals surface area (Å²) in [4.78, 5) is 0. The molecule has 1 rings (SSSR count). The number of halogens is 7. The van der Waals surface area contributed by atoms with Crippen LogP contribution in [-0.2, 0) is 6.18 Å². The third-order valence-electron chi connectivity index (χ3n) is 3.64. The van der Waals surface area contributed by atoms with Gasteiger partial charge in [-0.1, -0.05) is 26.0 Å². The van der Waals surface area contributed by atoms with E-state index in [4.69, 9.17) is 0 Å². The molecule has 0 radical (unpaired) electrons. The van der Waals surface area contributed by atoms with Crippen LogP contribution in [0.5, 0.6) is 0 Å². The summed E-state index contributed by atoms with van der Waals surface area (Å²) in [5, 5.41) is 0. The maximum absolute atomic E-state index is 14.1. The first-order chi connectivity index (χ1) is 11.6. The van der Waals surface area contributed by atoms with Crippen molar-refractivity contribution in [3.05, 3.63) is 46.0 Å². The molecule has 0 atom stereocenters. The van der Waals surface area contributed by atoms with E-state index < -0.39 is 51.7 Å². The molecular formula is C18H19F7. The molecule has 0 spiro atoms. The van der Waals surface area contributed by atoms with Crippen LogP contribution in [0.3, 0.4) is 0 Å². The Morgan fingerprint density at radius 1 is 0.800 bits per heavy atom. The average Bonchev–Trinajstić information content (AvgIpc) is 2.52. The Labute approximate surface area is 142 Å². The molecule has 0 aliphatic carbocycles. The van der Waals surface area contributed by atoms with Crippen molar-refractivity contribution >= 4 is 11.7 Å². The summed E-state index contributed by atoms with van der Waals surface area (Å²) in [6, 6.07) is 1.47. The van der Waals surface area contributed by atoms with Gasteiger partial charge in [0.2, 0.25) is 0 Å². The van der Waals surface area contributed by atoms with Gasteiger partial charge in [-0.25, -0.2) is 17.6 Å². The van der Waals surface area contributed by atoms with Gasteiger partial charge in [0.1, 0.15) is 11.7 Å². The van der Waals surface area contributed by atoms with E-state index in [1.807, 2.05) is 0 Å². The van der Waals surface area contributed by atoms with E-state index in [2.05, 4.69) is 0 Å². The zero-order chi connectivity index (χ0) is 19.4. The van der Waals surface area contributed by atoms with Crippen LogP contribution in [0.1, 0.15) is 61.8 Å². The maximum Gasteiger partial charge on any atom is 0.417 e. The minimum atomic E-state index is -5.05. The Hall–Kier alpha value is -1.79. The van der Waals surface area contributed by atoms with Crippen LogP contribution in [0, 0.1) is 6.92 Å². The van der Waals surface area contributed by atoms with Crippen molar-refractivity contribution in [3.63, 3.8) is 0 Å². The number of benzene rings is 1. The molecule has 0 saturated heterocycles. The minimum absolute atomic E-state index is 0.206. The van der Waals surface area contributed by atoms with Gasteiger partial charge in [0.05, 0.1) is 5.56 Å². The molecule has 1 aromatic carbocycles. The molecule has 0 aliphatic heterocycles. The lowest BCUT2D eigenvalue weighted by Crippen LogP contribution is -2.12. The van der Waals surface area contributed by atoms with Gasteiger partial charge in [-0.2, -0.15) is 13.2 Å². The number of hydrogen-bond acceptors (Lipinski definition) is 0. The third-order valence-corrected chi connectivity index (χ3v) is 3.64. The molecule has 0 N–H and O–H groups in total. The van der Waals surface area contributed by atoms with E-state index >= 15 is 0 Å². The van der Waals surface area contributed by atoms with Crippen molar-refractivity contribution in [3.8, 4) is 0 Å². The van der Waals surface area contributed by atoms with E-state index in [0.717, 1.165) is 13.0 Å². The molecule has 0 amide bonds. The van der Waals surface area contributed by atoms with Gasteiger partial charge in [0, 0.05) is 24.0 Å². The molecule has 0 unspecified atom stereocenters. The summed E-state index contributed by atoms with van der Waals surface area (Å²) in [7, 11) is 0. The molecule has 1 aromatic rings. The Bertz CT molecular complexity index is 681. The fraction of sp³-hybridized carbons (Fsp3) is 0.444. The van der Waals surface area contributed by atoms with Crippen molar-refractivity contribution in [1.82, 2.24) is 0 Å². The molecule has 0 aromatic heterocycles. The van der Waals surface area contributed by atoms with Gasteiger partial charge in [0.15, 0.2) is 11.7 Å². The lowest BCUT2D eigenvalue weighted by Gasteiger charge is -2.18. The molecule has 0 bridgehead atoms. The first-order valence-corrected chi connectivity index (χ1v) is 7.85. The highest BCUT2D eigenvalue weighted by atomic mass is 19.4. The first-order valence-electron chi connectivity index (χ1n) is 7.85. The van der Waals surface area contributed by atoms with Crippen molar-refractivity contribution < 1.29 is 30.7 Å². The molecule has 25 heavy (non-hydrogen) atoms. The Morgan fingerprint density at radius 3 is 1.60 bits per heavy atom. The van der Waals surface area contributed by atoms with Crippen molar-refractivity contribution in [2.24, 2.45) is 0 Å². The Kier molecular flexibility index (Phi) is 7.26. The quantitative estimate of drug-likeness (QED) is 0.449. The summed E-state index contributed by atoms with van der Waals surface area (Å²) >= 11 is 0. The van der Waals surface area contributed by atoms with E-state index in [0.29, 0.717) is 6.07 Å². The zero-order valence-corrected chi connectivity index (χ0v) is 14.1. The van der Waals surface area contributed by atoms with E-state index in [-0.39, 0.29) is 25.7 Å². The van der Waals surface area contributed by atoms with Gasteiger partial charge in [-0.05, 0) is 25.3 Å². The number of rotatable bonds is 6. The fourth-order valence-corrected chi connectivity index (χ4v) is 2.45. The predicted molar refractivity (Wildman–Crippen MR) is 84.3 cm³/mol. The van der Waals surface area contributed by atoms with Crippen molar-refractivity contribution in [1.29, 1.82) is 0 Å². The lowest BCUT2D eigenvalue weighted by molar-refractivity contribution is -0.138. The molecular weight excluding hydrogens is 349 g/mol. The Morgan fingerprint density at radius 2 is 1.20 bits per heavy atom. The first kappa shape index (κ1) is 21.3.